The van der Waals surface area contributed by atoms with Crippen LogP contribution in [-0.2, 0) is 13.0 Å². The van der Waals surface area contributed by atoms with Crippen molar-refractivity contribution < 1.29 is 4.79 Å². The minimum absolute atomic E-state index is 0.330. The van der Waals surface area contributed by atoms with Gasteiger partial charge in [-0.05, 0) is 108 Å². The van der Waals surface area contributed by atoms with Gasteiger partial charge in [0.1, 0.15) is 0 Å². The van der Waals surface area contributed by atoms with Crippen LogP contribution in [0.3, 0.4) is 0 Å². The van der Waals surface area contributed by atoms with E-state index in [0.717, 1.165) is 53.0 Å². The van der Waals surface area contributed by atoms with Gasteiger partial charge in [-0.15, -0.1) is 0 Å². The van der Waals surface area contributed by atoms with E-state index in [1.165, 1.54) is 39.0 Å². The standard InChI is InChI=1S/C34H29ClN4O3/c1-20-23(6-4-8-29(20)39-31(40)18-30-28(35)7-5-15-38(30)34(39)42)25-11-12-26(33(36)41)27-17-22-16-21(9-10-24(22)32(25)27)19-37-13-2-3-14-37/h4-12,15-16,18H,2-3,13-14,17,19H2,1H3,(H2,36,41). The molecule has 1 fully saturated rings. The fraction of sp³-hybridized carbons (Fsp3) is 0.206. The molecule has 1 amide bonds. The van der Waals surface area contributed by atoms with Crippen LogP contribution in [0.1, 0.15) is 45.5 Å². The molecule has 2 aromatic heterocycles. The third-order valence-electron chi connectivity index (χ3n) is 8.69. The summed E-state index contributed by atoms with van der Waals surface area (Å²) in [4.78, 5) is 41.8. The summed E-state index contributed by atoms with van der Waals surface area (Å²) < 4.78 is 2.56. The minimum atomic E-state index is -0.495. The topological polar surface area (TPSA) is 89.8 Å². The first-order valence-electron chi connectivity index (χ1n) is 14.2. The molecule has 1 aliphatic heterocycles. The first-order chi connectivity index (χ1) is 20.3. The quantitative estimate of drug-likeness (QED) is 0.300. The zero-order valence-electron chi connectivity index (χ0n) is 23.2. The Morgan fingerprint density at radius 1 is 0.929 bits per heavy atom. The number of primary amides is 1. The number of benzene rings is 3. The molecule has 8 heteroatoms. The number of carbonyl (C=O) groups excluding carboxylic acids is 1. The molecule has 1 aliphatic carbocycles. The van der Waals surface area contributed by atoms with Crippen LogP contribution in [0.2, 0.25) is 5.02 Å². The van der Waals surface area contributed by atoms with E-state index in [1.807, 2.05) is 25.1 Å². The highest BCUT2D eigenvalue weighted by molar-refractivity contribution is 6.33. The third-order valence-corrected chi connectivity index (χ3v) is 9.01. The molecular formula is C34H29ClN4O3. The predicted molar refractivity (Wildman–Crippen MR) is 166 cm³/mol. The zero-order chi connectivity index (χ0) is 29.1. The number of nitrogens with two attached hydrogens (primary N) is 1. The van der Waals surface area contributed by atoms with Crippen LogP contribution in [0, 0.1) is 6.92 Å². The highest BCUT2D eigenvalue weighted by Gasteiger charge is 2.28. The van der Waals surface area contributed by atoms with E-state index in [1.54, 1.807) is 30.5 Å². The number of hydrogen-bond acceptors (Lipinski definition) is 4. The Bertz CT molecular complexity index is 2050. The van der Waals surface area contributed by atoms with Gasteiger partial charge < -0.3 is 5.73 Å². The number of amides is 1. The molecule has 2 aliphatic rings. The molecule has 2 N–H and O–H groups in total. The van der Waals surface area contributed by atoms with Crippen LogP contribution in [0.15, 0.2) is 82.5 Å². The van der Waals surface area contributed by atoms with Crippen LogP contribution in [0.4, 0.5) is 0 Å². The lowest BCUT2D eigenvalue weighted by molar-refractivity contribution is 0.0999. The number of nitrogens with zero attached hydrogens (tertiary/aromatic N) is 3. The van der Waals surface area contributed by atoms with E-state index in [2.05, 4.69) is 23.1 Å². The molecule has 0 spiro atoms. The third kappa shape index (κ3) is 4.19. The number of carbonyl (C=O) groups is 1. The number of fused-ring (bicyclic) bond motifs is 4. The van der Waals surface area contributed by atoms with Gasteiger partial charge in [0.2, 0.25) is 5.91 Å². The molecule has 3 aromatic carbocycles. The Balaban J connectivity index is 1.39. The van der Waals surface area contributed by atoms with E-state index >= 15 is 0 Å². The van der Waals surface area contributed by atoms with Crippen molar-refractivity contribution in [3.63, 3.8) is 0 Å². The summed E-state index contributed by atoms with van der Waals surface area (Å²) in [6, 6.07) is 20.6. The lowest BCUT2D eigenvalue weighted by Gasteiger charge is -2.18. The highest BCUT2D eigenvalue weighted by atomic mass is 35.5. The Kier molecular flexibility index (Phi) is 6.37. The minimum Gasteiger partial charge on any atom is -0.366 e. The normalized spacial score (nSPS) is 14.3. The number of hydrogen-bond donors (Lipinski definition) is 1. The summed E-state index contributed by atoms with van der Waals surface area (Å²) in [7, 11) is 0. The molecule has 0 atom stereocenters. The molecule has 7 rings (SSSR count). The van der Waals surface area contributed by atoms with Crippen molar-refractivity contribution in [2.45, 2.75) is 32.7 Å². The first-order valence-corrected chi connectivity index (χ1v) is 14.5. The van der Waals surface area contributed by atoms with Crippen molar-refractivity contribution in [2.24, 2.45) is 5.73 Å². The van der Waals surface area contributed by atoms with Crippen molar-refractivity contribution in [2.75, 3.05) is 13.1 Å². The maximum absolute atomic E-state index is 13.5. The summed E-state index contributed by atoms with van der Waals surface area (Å²) in [6.45, 7) is 5.08. The second-order valence-corrected chi connectivity index (χ2v) is 11.6. The maximum Gasteiger partial charge on any atom is 0.340 e. The Morgan fingerprint density at radius 2 is 1.71 bits per heavy atom. The van der Waals surface area contributed by atoms with E-state index < -0.39 is 17.2 Å². The Hall–Kier alpha value is -4.46. The molecular weight excluding hydrogens is 548 g/mol. The molecule has 5 aromatic rings. The molecule has 210 valence electrons. The SMILES string of the molecule is Cc1c(-c2ccc(C(N)=O)c3c2-c2ccc(CN4CCCC4)cc2C3)cccc1-n1c(=O)cc2c(Cl)cccn2c1=O. The van der Waals surface area contributed by atoms with E-state index in [-0.39, 0.29) is 0 Å². The second kappa shape index (κ2) is 10.1. The largest absolute Gasteiger partial charge is 0.366 e. The van der Waals surface area contributed by atoms with Crippen molar-refractivity contribution >= 4 is 23.0 Å². The summed E-state index contributed by atoms with van der Waals surface area (Å²) in [5.41, 5.74) is 14.2. The van der Waals surface area contributed by atoms with Crippen molar-refractivity contribution in [3.8, 4) is 27.9 Å². The molecule has 3 heterocycles. The van der Waals surface area contributed by atoms with Crippen molar-refractivity contribution in [1.82, 2.24) is 13.9 Å². The molecule has 0 bridgehead atoms. The van der Waals surface area contributed by atoms with Crippen molar-refractivity contribution in [3.05, 3.63) is 127 Å². The monoisotopic (exact) mass is 576 g/mol. The number of halogens is 1. The fourth-order valence-electron chi connectivity index (χ4n) is 6.68. The van der Waals surface area contributed by atoms with Crippen LogP contribution >= 0.6 is 11.6 Å². The maximum atomic E-state index is 13.5. The second-order valence-electron chi connectivity index (χ2n) is 11.2. The number of rotatable bonds is 5. The summed E-state index contributed by atoms with van der Waals surface area (Å²) >= 11 is 6.28. The summed E-state index contributed by atoms with van der Waals surface area (Å²) in [5, 5.41) is 0.330. The van der Waals surface area contributed by atoms with Gasteiger partial charge in [0.25, 0.3) is 5.56 Å². The summed E-state index contributed by atoms with van der Waals surface area (Å²) in [6.07, 6.45) is 4.70. The van der Waals surface area contributed by atoms with Crippen LogP contribution < -0.4 is 17.0 Å². The lowest BCUT2D eigenvalue weighted by Crippen LogP contribution is -2.36. The predicted octanol–water partition coefficient (Wildman–Crippen LogP) is 5.35. The van der Waals surface area contributed by atoms with Crippen LogP contribution in [0.25, 0.3) is 33.5 Å². The lowest BCUT2D eigenvalue weighted by atomic mass is 9.89. The molecule has 0 saturated carbocycles. The zero-order valence-corrected chi connectivity index (χ0v) is 23.9. The Morgan fingerprint density at radius 3 is 2.50 bits per heavy atom. The van der Waals surface area contributed by atoms with Gasteiger partial charge >= 0.3 is 5.69 Å². The van der Waals surface area contributed by atoms with Gasteiger partial charge in [0.15, 0.2) is 0 Å². The van der Waals surface area contributed by atoms with Gasteiger partial charge in [-0.2, -0.15) is 0 Å². The highest BCUT2D eigenvalue weighted by Crippen LogP contribution is 2.46. The molecule has 1 saturated heterocycles. The number of likely N-dealkylation sites (tertiary alicyclic amines) is 1. The van der Waals surface area contributed by atoms with Crippen LogP contribution in [-0.4, -0.2) is 32.9 Å². The smallest absolute Gasteiger partial charge is 0.340 e. The van der Waals surface area contributed by atoms with E-state index in [0.29, 0.717) is 28.2 Å². The average Bonchev–Trinajstić information content (AvgIpc) is 3.62. The average molecular weight is 577 g/mol. The molecule has 7 nitrogen and oxygen atoms in total. The molecule has 0 radical (unpaired) electrons. The van der Waals surface area contributed by atoms with Gasteiger partial charge in [0, 0.05) is 24.4 Å². The number of pyridine rings is 1. The van der Waals surface area contributed by atoms with Crippen LogP contribution in [0.5, 0.6) is 0 Å². The van der Waals surface area contributed by atoms with Crippen molar-refractivity contribution in [1.29, 1.82) is 0 Å². The molecule has 42 heavy (non-hydrogen) atoms. The summed E-state index contributed by atoms with van der Waals surface area (Å²) in [5.74, 6) is -0.456. The van der Waals surface area contributed by atoms with E-state index in [9.17, 15) is 14.4 Å². The molecule has 0 unspecified atom stereocenters. The van der Waals surface area contributed by atoms with Gasteiger partial charge in [-0.3, -0.25) is 18.9 Å². The number of aromatic nitrogens is 2. The fourth-order valence-corrected chi connectivity index (χ4v) is 6.90. The van der Waals surface area contributed by atoms with Gasteiger partial charge in [-0.1, -0.05) is 48.0 Å². The first kappa shape index (κ1) is 26.4. The van der Waals surface area contributed by atoms with E-state index in [4.69, 9.17) is 17.3 Å². The van der Waals surface area contributed by atoms with Gasteiger partial charge in [-0.25, -0.2) is 9.36 Å². The Labute approximate surface area is 247 Å². The van der Waals surface area contributed by atoms with Gasteiger partial charge in [0.05, 0.1) is 16.2 Å².